The van der Waals surface area contributed by atoms with Crippen molar-refractivity contribution in [3.8, 4) is 0 Å². The highest BCUT2D eigenvalue weighted by molar-refractivity contribution is 7.11. The topological polar surface area (TPSA) is 75.3 Å². The van der Waals surface area contributed by atoms with Gasteiger partial charge in [0, 0.05) is 11.9 Å². The molecule has 0 aromatic carbocycles. The molecule has 1 aromatic heterocycles. The molecule has 15 heavy (non-hydrogen) atoms. The molecule has 1 rings (SSSR count). The van der Waals surface area contributed by atoms with Crippen molar-refractivity contribution in [1.82, 2.24) is 15.7 Å². The van der Waals surface area contributed by atoms with E-state index in [0.717, 1.165) is 10.7 Å². The SMILES string of the molecule is CN=C(NN)NC(C)c1sc(C)nc1C. The maximum absolute atomic E-state index is 5.30. The average molecular weight is 227 g/mol. The molecule has 84 valence electrons. The van der Waals surface area contributed by atoms with E-state index in [1.165, 1.54) is 4.88 Å². The molecule has 0 aliphatic carbocycles. The van der Waals surface area contributed by atoms with Gasteiger partial charge in [0.2, 0.25) is 5.96 Å². The van der Waals surface area contributed by atoms with Crippen molar-refractivity contribution in [2.24, 2.45) is 10.8 Å². The second kappa shape index (κ2) is 5.09. The number of aromatic nitrogens is 1. The minimum Gasteiger partial charge on any atom is -0.348 e. The van der Waals surface area contributed by atoms with Crippen molar-refractivity contribution in [3.05, 3.63) is 15.6 Å². The second-order valence-electron chi connectivity index (χ2n) is 3.27. The molecule has 0 bridgehead atoms. The number of nitrogens with one attached hydrogen (secondary N) is 2. The Morgan fingerprint density at radius 1 is 1.53 bits per heavy atom. The van der Waals surface area contributed by atoms with Gasteiger partial charge in [0.25, 0.3) is 0 Å². The first-order valence-electron chi connectivity index (χ1n) is 4.72. The maximum Gasteiger partial charge on any atom is 0.205 e. The molecular weight excluding hydrogens is 210 g/mol. The second-order valence-corrected chi connectivity index (χ2v) is 4.50. The van der Waals surface area contributed by atoms with E-state index >= 15 is 0 Å². The lowest BCUT2D eigenvalue weighted by atomic mass is 10.2. The van der Waals surface area contributed by atoms with E-state index in [9.17, 15) is 0 Å². The van der Waals surface area contributed by atoms with Gasteiger partial charge >= 0.3 is 0 Å². The summed E-state index contributed by atoms with van der Waals surface area (Å²) in [6.07, 6.45) is 0. The van der Waals surface area contributed by atoms with Crippen LogP contribution in [-0.2, 0) is 0 Å². The van der Waals surface area contributed by atoms with Gasteiger partial charge in [-0.2, -0.15) is 0 Å². The van der Waals surface area contributed by atoms with Crippen LogP contribution in [0.5, 0.6) is 0 Å². The Balaban J connectivity index is 2.77. The van der Waals surface area contributed by atoms with Gasteiger partial charge in [-0.1, -0.05) is 0 Å². The van der Waals surface area contributed by atoms with E-state index in [1.54, 1.807) is 18.4 Å². The quantitative estimate of drug-likeness (QED) is 0.303. The molecule has 0 spiro atoms. The fourth-order valence-electron chi connectivity index (χ4n) is 1.39. The number of hydrazine groups is 1. The number of hydrogen-bond donors (Lipinski definition) is 3. The molecule has 0 aliphatic rings. The van der Waals surface area contributed by atoms with E-state index in [-0.39, 0.29) is 6.04 Å². The molecule has 0 fully saturated rings. The first kappa shape index (κ1) is 11.9. The fraction of sp³-hybridized carbons (Fsp3) is 0.556. The number of nitrogens with two attached hydrogens (primary N) is 1. The van der Waals surface area contributed by atoms with Gasteiger partial charge in [-0.05, 0) is 20.8 Å². The van der Waals surface area contributed by atoms with Crippen molar-refractivity contribution in [2.45, 2.75) is 26.8 Å². The Hall–Kier alpha value is -1.14. The van der Waals surface area contributed by atoms with Crippen LogP contribution in [-0.4, -0.2) is 18.0 Å². The molecule has 1 atom stereocenters. The van der Waals surface area contributed by atoms with Crippen LogP contribution in [0.25, 0.3) is 0 Å². The Morgan fingerprint density at radius 3 is 2.60 bits per heavy atom. The first-order chi connectivity index (χ1) is 7.08. The third-order valence-corrected chi connectivity index (χ3v) is 3.30. The van der Waals surface area contributed by atoms with Crippen LogP contribution in [0.4, 0.5) is 0 Å². The zero-order valence-electron chi connectivity index (χ0n) is 9.46. The monoisotopic (exact) mass is 227 g/mol. The largest absolute Gasteiger partial charge is 0.348 e. The zero-order chi connectivity index (χ0) is 11.4. The summed E-state index contributed by atoms with van der Waals surface area (Å²) >= 11 is 1.69. The van der Waals surface area contributed by atoms with Gasteiger partial charge in [-0.25, -0.2) is 10.8 Å². The van der Waals surface area contributed by atoms with Crippen LogP contribution in [0.2, 0.25) is 0 Å². The predicted octanol–water partition coefficient (Wildman–Crippen LogP) is 0.860. The van der Waals surface area contributed by atoms with Crippen molar-refractivity contribution in [2.75, 3.05) is 7.05 Å². The van der Waals surface area contributed by atoms with E-state index in [4.69, 9.17) is 5.84 Å². The van der Waals surface area contributed by atoms with E-state index in [0.29, 0.717) is 5.96 Å². The number of guanidine groups is 1. The van der Waals surface area contributed by atoms with E-state index in [2.05, 4.69) is 27.6 Å². The summed E-state index contributed by atoms with van der Waals surface area (Å²) in [6, 6.07) is 0.158. The van der Waals surface area contributed by atoms with Crippen LogP contribution in [0.1, 0.15) is 28.5 Å². The number of rotatable bonds is 2. The predicted molar refractivity (Wildman–Crippen MR) is 63.8 cm³/mol. The minimum atomic E-state index is 0.158. The van der Waals surface area contributed by atoms with Gasteiger partial charge in [0.05, 0.1) is 16.7 Å². The molecule has 0 aliphatic heterocycles. The lowest BCUT2D eigenvalue weighted by molar-refractivity contribution is 0.698. The molecule has 1 aromatic rings. The molecule has 4 N–H and O–H groups in total. The van der Waals surface area contributed by atoms with Crippen molar-refractivity contribution in [3.63, 3.8) is 0 Å². The zero-order valence-corrected chi connectivity index (χ0v) is 10.3. The molecule has 1 heterocycles. The van der Waals surface area contributed by atoms with Gasteiger partial charge in [0.15, 0.2) is 0 Å². The molecule has 0 saturated carbocycles. The Bertz CT molecular complexity index is 357. The fourth-order valence-corrected chi connectivity index (χ4v) is 2.32. The smallest absolute Gasteiger partial charge is 0.205 e. The van der Waals surface area contributed by atoms with Gasteiger partial charge < -0.3 is 5.32 Å². The summed E-state index contributed by atoms with van der Waals surface area (Å²) in [7, 11) is 1.68. The Labute approximate surface area is 93.8 Å². The number of thiazole rings is 1. The van der Waals surface area contributed by atoms with Crippen molar-refractivity contribution >= 4 is 17.3 Å². The lowest BCUT2D eigenvalue weighted by Gasteiger charge is -2.15. The van der Waals surface area contributed by atoms with E-state index in [1.807, 2.05) is 13.8 Å². The van der Waals surface area contributed by atoms with Crippen LogP contribution in [0.3, 0.4) is 0 Å². The third kappa shape index (κ3) is 2.90. The molecule has 6 heteroatoms. The summed E-state index contributed by atoms with van der Waals surface area (Å²) in [5.41, 5.74) is 3.56. The van der Waals surface area contributed by atoms with Gasteiger partial charge in [0.1, 0.15) is 0 Å². The lowest BCUT2D eigenvalue weighted by Crippen LogP contribution is -2.42. The number of aliphatic imine (C=N–C) groups is 1. The summed E-state index contributed by atoms with van der Waals surface area (Å²) in [4.78, 5) is 9.55. The molecule has 5 nitrogen and oxygen atoms in total. The molecule has 0 saturated heterocycles. The summed E-state index contributed by atoms with van der Waals surface area (Å²) in [6.45, 7) is 6.07. The number of nitrogens with zero attached hydrogens (tertiary/aromatic N) is 2. The highest BCUT2D eigenvalue weighted by Crippen LogP contribution is 2.24. The third-order valence-electron chi connectivity index (χ3n) is 2.05. The molecular formula is C9H17N5S. The van der Waals surface area contributed by atoms with Gasteiger partial charge in [-0.3, -0.25) is 10.4 Å². The molecule has 1 unspecified atom stereocenters. The normalized spacial score (nSPS) is 13.8. The summed E-state index contributed by atoms with van der Waals surface area (Å²) < 4.78 is 0. The van der Waals surface area contributed by atoms with Gasteiger partial charge in [-0.15, -0.1) is 11.3 Å². The summed E-state index contributed by atoms with van der Waals surface area (Å²) in [5, 5.41) is 4.25. The van der Waals surface area contributed by atoms with Crippen LogP contribution in [0, 0.1) is 13.8 Å². The Morgan fingerprint density at radius 2 is 2.20 bits per heavy atom. The highest BCUT2D eigenvalue weighted by atomic mass is 32.1. The Kier molecular flexibility index (Phi) is 4.05. The number of aryl methyl sites for hydroxylation is 2. The number of hydrogen-bond acceptors (Lipinski definition) is 4. The van der Waals surface area contributed by atoms with Crippen LogP contribution < -0.4 is 16.6 Å². The average Bonchev–Trinajstić information content (AvgIpc) is 2.54. The van der Waals surface area contributed by atoms with Crippen LogP contribution in [0.15, 0.2) is 4.99 Å². The van der Waals surface area contributed by atoms with E-state index < -0.39 is 0 Å². The van der Waals surface area contributed by atoms with Crippen molar-refractivity contribution in [1.29, 1.82) is 0 Å². The minimum absolute atomic E-state index is 0.158. The maximum atomic E-state index is 5.30. The highest BCUT2D eigenvalue weighted by Gasteiger charge is 2.13. The van der Waals surface area contributed by atoms with Crippen molar-refractivity contribution < 1.29 is 0 Å². The van der Waals surface area contributed by atoms with Crippen LogP contribution >= 0.6 is 11.3 Å². The summed E-state index contributed by atoms with van der Waals surface area (Å²) in [5.74, 6) is 5.87. The molecule has 0 radical (unpaired) electrons. The molecule has 0 amide bonds. The first-order valence-corrected chi connectivity index (χ1v) is 5.54. The standard InChI is InChI=1S/C9H17N5S/c1-5-8(15-7(3)12-5)6(2)13-9(11-4)14-10/h6H,10H2,1-4H3,(H2,11,13,14).